The zero-order valence-electron chi connectivity index (χ0n) is 11.2. The quantitative estimate of drug-likeness (QED) is 0.849. The van der Waals surface area contributed by atoms with Gasteiger partial charge in [-0.2, -0.15) is 5.10 Å². The number of carbonyl (C=O) groups excluding carboxylic acids is 1. The zero-order valence-corrected chi connectivity index (χ0v) is 12.8. The molecule has 1 atom stereocenters. The van der Waals surface area contributed by atoms with Crippen molar-refractivity contribution in [3.63, 3.8) is 0 Å². The number of aromatic nitrogens is 2. The third-order valence-electron chi connectivity index (χ3n) is 3.00. The van der Waals surface area contributed by atoms with Crippen LogP contribution < -0.4 is 11.1 Å². The number of hydrogen-bond donors (Lipinski definition) is 2. The zero-order chi connectivity index (χ0) is 14.5. The van der Waals surface area contributed by atoms with Gasteiger partial charge in [0.05, 0.1) is 10.7 Å². The fourth-order valence-corrected chi connectivity index (χ4v) is 2.12. The van der Waals surface area contributed by atoms with Gasteiger partial charge in [-0.25, -0.2) is 0 Å². The molecule has 1 heterocycles. The minimum absolute atomic E-state index is 0.363. The molecule has 0 saturated carbocycles. The highest BCUT2D eigenvalue weighted by Gasteiger charge is 2.07. The third-order valence-corrected chi connectivity index (χ3v) is 3.40. The predicted molar refractivity (Wildman–Crippen MR) is 82.4 cm³/mol. The van der Waals surface area contributed by atoms with Crippen molar-refractivity contribution in [3.8, 4) is 0 Å². The van der Waals surface area contributed by atoms with E-state index in [1.165, 1.54) is 5.56 Å². The number of carbonyl (C=O) groups is 1. The molecule has 0 aliphatic rings. The number of amides is 1. The summed E-state index contributed by atoms with van der Waals surface area (Å²) in [5, 5.41) is 7.26. The molecule has 2 rings (SSSR count). The highest BCUT2D eigenvalue weighted by Crippen LogP contribution is 2.12. The number of nitrogens with zero attached hydrogens (tertiary/aromatic N) is 2. The summed E-state index contributed by atoms with van der Waals surface area (Å²) < 4.78 is 2.88. The average Bonchev–Trinajstić information content (AvgIpc) is 2.83. The van der Waals surface area contributed by atoms with Crippen molar-refractivity contribution in [1.82, 2.24) is 9.78 Å². The van der Waals surface area contributed by atoms with E-state index in [1.807, 2.05) is 35.1 Å². The second kappa shape index (κ2) is 6.56. The first-order valence-electron chi connectivity index (χ1n) is 6.37. The SMILES string of the molecule is C[C@H](Nc1ccc(CCn2cc(Br)cn2)cc1)C(N)=O. The van der Waals surface area contributed by atoms with Crippen LogP contribution in [0.2, 0.25) is 0 Å². The van der Waals surface area contributed by atoms with E-state index in [1.54, 1.807) is 13.1 Å². The van der Waals surface area contributed by atoms with Crippen molar-refractivity contribution < 1.29 is 4.79 Å². The van der Waals surface area contributed by atoms with Gasteiger partial charge < -0.3 is 11.1 Å². The molecular weight excluding hydrogens is 320 g/mol. The van der Waals surface area contributed by atoms with E-state index in [2.05, 4.69) is 26.3 Å². The molecule has 6 heteroatoms. The number of anilines is 1. The van der Waals surface area contributed by atoms with Crippen molar-refractivity contribution >= 4 is 27.5 Å². The Kier molecular flexibility index (Phi) is 4.79. The Morgan fingerprint density at radius 2 is 2.15 bits per heavy atom. The molecule has 20 heavy (non-hydrogen) atoms. The van der Waals surface area contributed by atoms with Gasteiger partial charge in [0.25, 0.3) is 0 Å². The molecule has 0 radical (unpaired) electrons. The highest BCUT2D eigenvalue weighted by molar-refractivity contribution is 9.10. The molecule has 0 saturated heterocycles. The number of aryl methyl sites for hydroxylation is 2. The Bertz CT molecular complexity index is 579. The van der Waals surface area contributed by atoms with E-state index in [0.29, 0.717) is 0 Å². The van der Waals surface area contributed by atoms with Crippen LogP contribution in [0.3, 0.4) is 0 Å². The predicted octanol–water partition coefficient (Wildman–Crippen LogP) is 2.17. The van der Waals surface area contributed by atoms with Crippen molar-refractivity contribution in [2.45, 2.75) is 25.9 Å². The van der Waals surface area contributed by atoms with E-state index >= 15 is 0 Å². The van der Waals surface area contributed by atoms with E-state index in [9.17, 15) is 4.79 Å². The second-order valence-electron chi connectivity index (χ2n) is 4.64. The number of benzene rings is 1. The summed E-state index contributed by atoms with van der Waals surface area (Å²) in [5.74, 6) is -0.363. The summed E-state index contributed by atoms with van der Waals surface area (Å²) in [6, 6.07) is 7.60. The van der Waals surface area contributed by atoms with Crippen LogP contribution >= 0.6 is 15.9 Å². The minimum atomic E-state index is -0.373. The first-order valence-corrected chi connectivity index (χ1v) is 7.16. The van der Waals surface area contributed by atoms with Gasteiger partial charge in [-0.1, -0.05) is 12.1 Å². The Balaban J connectivity index is 1.89. The molecule has 0 unspecified atom stereocenters. The molecule has 2 aromatic rings. The molecule has 3 N–H and O–H groups in total. The Morgan fingerprint density at radius 3 is 2.70 bits per heavy atom. The Labute approximate surface area is 126 Å². The normalized spacial score (nSPS) is 12.1. The summed E-state index contributed by atoms with van der Waals surface area (Å²) in [6.07, 6.45) is 4.63. The Morgan fingerprint density at radius 1 is 1.45 bits per heavy atom. The summed E-state index contributed by atoms with van der Waals surface area (Å²) in [7, 11) is 0. The summed E-state index contributed by atoms with van der Waals surface area (Å²) in [4.78, 5) is 11.0. The smallest absolute Gasteiger partial charge is 0.239 e. The van der Waals surface area contributed by atoms with Crippen LogP contribution in [0, 0.1) is 0 Å². The lowest BCUT2D eigenvalue weighted by molar-refractivity contribution is -0.118. The summed E-state index contributed by atoms with van der Waals surface area (Å²) in [5.41, 5.74) is 7.32. The number of primary amides is 1. The number of nitrogens with one attached hydrogen (secondary N) is 1. The highest BCUT2D eigenvalue weighted by atomic mass is 79.9. The lowest BCUT2D eigenvalue weighted by Crippen LogP contribution is -2.32. The molecule has 1 amide bonds. The van der Waals surface area contributed by atoms with Crippen molar-refractivity contribution in [1.29, 1.82) is 0 Å². The van der Waals surface area contributed by atoms with E-state index in [4.69, 9.17) is 5.73 Å². The van der Waals surface area contributed by atoms with Gasteiger partial charge in [0.1, 0.15) is 6.04 Å². The topological polar surface area (TPSA) is 72.9 Å². The van der Waals surface area contributed by atoms with Crippen LogP contribution in [0.4, 0.5) is 5.69 Å². The monoisotopic (exact) mass is 336 g/mol. The maximum Gasteiger partial charge on any atom is 0.239 e. The van der Waals surface area contributed by atoms with Crippen molar-refractivity contribution in [3.05, 3.63) is 46.7 Å². The maximum atomic E-state index is 11.0. The fraction of sp³-hybridized carbons (Fsp3) is 0.286. The van der Waals surface area contributed by atoms with Crippen LogP contribution in [0.15, 0.2) is 41.1 Å². The first kappa shape index (κ1) is 14.6. The molecule has 106 valence electrons. The number of nitrogens with two attached hydrogens (primary N) is 1. The van der Waals surface area contributed by atoms with Gasteiger partial charge in [-0.05, 0) is 47.0 Å². The minimum Gasteiger partial charge on any atom is -0.374 e. The average molecular weight is 337 g/mol. The first-order chi connectivity index (χ1) is 9.54. The van der Waals surface area contributed by atoms with Crippen LogP contribution in [-0.4, -0.2) is 21.7 Å². The molecule has 0 aliphatic heterocycles. The maximum absolute atomic E-state index is 11.0. The van der Waals surface area contributed by atoms with E-state index in [-0.39, 0.29) is 11.9 Å². The summed E-state index contributed by atoms with van der Waals surface area (Å²) in [6.45, 7) is 2.57. The Hall–Kier alpha value is -1.82. The lowest BCUT2D eigenvalue weighted by Gasteiger charge is -2.12. The molecule has 0 spiro atoms. The largest absolute Gasteiger partial charge is 0.374 e. The molecule has 1 aromatic heterocycles. The van der Waals surface area contributed by atoms with Crippen LogP contribution in [0.1, 0.15) is 12.5 Å². The standard InChI is InChI=1S/C14H17BrN4O/c1-10(14(16)20)18-13-4-2-11(3-5-13)6-7-19-9-12(15)8-17-19/h2-5,8-10,18H,6-7H2,1H3,(H2,16,20)/t10-/m0/s1. The fourth-order valence-electron chi connectivity index (χ4n) is 1.79. The van der Waals surface area contributed by atoms with Crippen LogP contribution in [0.25, 0.3) is 0 Å². The molecule has 5 nitrogen and oxygen atoms in total. The van der Waals surface area contributed by atoms with Crippen molar-refractivity contribution in [2.75, 3.05) is 5.32 Å². The number of halogens is 1. The number of rotatable bonds is 6. The van der Waals surface area contributed by atoms with E-state index < -0.39 is 0 Å². The van der Waals surface area contributed by atoms with Gasteiger partial charge in [-0.3, -0.25) is 9.48 Å². The third kappa shape index (κ3) is 4.09. The van der Waals surface area contributed by atoms with Gasteiger partial charge in [0, 0.05) is 18.4 Å². The summed E-state index contributed by atoms with van der Waals surface area (Å²) >= 11 is 3.37. The van der Waals surface area contributed by atoms with Gasteiger partial charge in [0.2, 0.25) is 5.91 Å². The molecular formula is C14H17BrN4O. The molecule has 1 aromatic carbocycles. The number of hydrogen-bond acceptors (Lipinski definition) is 3. The second-order valence-corrected chi connectivity index (χ2v) is 5.55. The van der Waals surface area contributed by atoms with E-state index in [0.717, 1.165) is 23.1 Å². The molecule has 0 aliphatic carbocycles. The van der Waals surface area contributed by atoms with Gasteiger partial charge in [-0.15, -0.1) is 0 Å². The van der Waals surface area contributed by atoms with Gasteiger partial charge >= 0.3 is 0 Å². The molecule has 0 bridgehead atoms. The van der Waals surface area contributed by atoms with Crippen LogP contribution in [0.5, 0.6) is 0 Å². The molecule has 0 fully saturated rings. The van der Waals surface area contributed by atoms with Crippen LogP contribution in [-0.2, 0) is 17.8 Å². The van der Waals surface area contributed by atoms with Gasteiger partial charge in [0.15, 0.2) is 0 Å². The van der Waals surface area contributed by atoms with Crippen molar-refractivity contribution in [2.24, 2.45) is 5.73 Å². The lowest BCUT2D eigenvalue weighted by atomic mass is 10.1.